The number of aromatic nitrogens is 2. The number of carbonyl (C=O) groups is 1. The van der Waals surface area contributed by atoms with Gasteiger partial charge in [-0.2, -0.15) is 0 Å². The maximum absolute atomic E-state index is 12.3. The number of piperidine rings is 1. The molecular weight excluding hydrogens is 396 g/mol. The largest absolute Gasteiger partial charge is 0.320 e. The van der Waals surface area contributed by atoms with Crippen molar-refractivity contribution in [1.29, 1.82) is 0 Å². The molecule has 1 amide bonds. The van der Waals surface area contributed by atoms with Crippen LogP contribution in [0.3, 0.4) is 0 Å². The number of benzene rings is 1. The molecule has 1 unspecified atom stereocenters. The van der Waals surface area contributed by atoms with Crippen molar-refractivity contribution in [3.8, 4) is 0 Å². The van der Waals surface area contributed by atoms with Gasteiger partial charge in [0.15, 0.2) is 0 Å². The van der Waals surface area contributed by atoms with Gasteiger partial charge >= 0.3 is 0 Å². The molecule has 1 aliphatic heterocycles. The Balaban J connectivity index is 1.69. The van der Waals surface area contributed by atoms with Gasteiger partial charge in [-0.05, 0) is 44.0 Å². The minimum atomic E-state index is -3.22. The number of amides is 1. The fourth-order valence-electron chi connectivity index (χ4n) is 2.79. The summed E-state index contributed by atoms with van der Waals surface area (Å²) in [5.41, 5.74) is 0.619. The Morgan fingerprint density at radius 2 is 2.08 bits per heavy atom. The van der Waals surface area contributed by atoms with Gasteiger partial charge < -0.3 is 5.32 Å². The summed E-state index contributed by atoms with van der Waals surface area (Å²) in [7, 11) is -3.22. The first-order valence-electron chi connectivity index (χ1n) is 8.27. The highest BCUT2D eigenvalue weighted by atomic mass is 35.5. The van der Waals surface area contributed by atoms with Gasteiger partial charge in [0.25, 0.3) is 5.91 Å². The van der Waals surface area contributed by atoms with Crippen LogP contribution in [0.15, 0.2) is 24.3 Å². The lowest BCUT2D eigenvalue weighted by molar-refractivity contribution is 0.102. The molecule has 1 aromatic carbocycles. The zero-order valence-corrected chi connectivity index (χ0v) is 16.6. The van der Waals surface area contributed by atoms with E-state index in [2.05, 4.69) is 15.5 Å². The fourth-order valence-corrected chi connectivity index (χ4v) is 4.96. The van der Waals surface area contributed by atoms with Crippen molar-refractivity contribution in [2.75, 3.05) is 24.2 Å². The standard InChI is InChI=1S/C16H19ClN4O3S2/c1-2-26(23,24)21-9-3-4-11(10-21)15-19-20-16(25-15)14(22)18-13-7-5-12(17)6-8-13/h5-8,11H,2-4,9-10H2,1H3,(H,18,22). The van der Waals surface area contributed by atoms with E-state index in [1.165, 1.54) is 15.6 Å². The molecule has 26 heavy (non-hydrogen) atoms. The number of rotatable bonds is 5. The molecule has 10 heteroatoms. The van der Waals surface area contributed by atoms with Crippen LogP contribution in [-0.2, 0) is 10.0 Å². The lowest BCUT2D eigenvalue weighted by Crippen LogP contribution is -2.39. The van der Waals surface area contributed by atoms with Crippen LogP contribution in [0.4, 0.5) is 5.69 Å². The van der Waals surface area contributed by atoms with Crippen molar-refractivity contribution in [2.24, 2.45) is 0 Å². The predicted molar refractivity (Wildman–Crippen MR) is 102 cm³/mol. The Hall–Kier alpha value is -1.55. The Bertz CT molecular complexity index is 883. The van der Waals surface area contributed by atoms with E-state index in [-0.39, 0.29) is 22.6 Å². The molecule has 1 aromatic heterocycles. The molecule has 1 saturated heterocycles. The highest BCUT2D eigenvalue weighted by molar-refractivity contribution is 7.89. The highest BCUT2D eigenvalue weighted by Gasteiger charge is 2.30. The number of halogens is 1. The van der Waals surface area contributed by atoms with Crippen LogP contribution in [0.2, 0.25) is 5.02 Å². The van der Waals surface area contributed by atoms with Gasteiger partial charge in [-0.25, -0.2) is 12.7 Å². The number of nitrogens with one attached hydrogen (secondary N) is 1. The van der Waals surface area contributed by atoms with Gasteiger partial charge in [-0.15, -0.1) is 10.2 Å². The normalized spacial score (nSPS) is 18.6. The molecule has 0 saturated carbocycles. The number of sulfonamides is 1. The average Bonchev–Trinajstić information content (AvgIpc) is 3.14. The molecule has 1 fully saturated rings. The molecule has 3 rings (SSSR count). The molecule has 1 aliphatic rings. The Morgan fingerprint density at radius 3 is 2.77 bits per heavy atom. The molecule has 2 aromatic rings. The summed E-state index contributed by atoms with van der Waals surface area (Å²) in [6.45, 7) is 2.57. The third-order valence-electron chi connectivity index (χ3n) is 4.23. The Kier molecular flexibility index (Phi) is 5.91. The van der Waals surface area contributed by atoms with E-state index in [9.17, 15) is 13.2 Å². The first-order chi connectivity index (χ1) is 12.4. The number of hydrogen-bond acceptors (Lipinski definition) is 6. The second-order valence-corrected chi connectivity index (χ2v) is 9.71. The van der Waals surface area contributed by atoms with Crippen LogP contribution in [-0.4, -0.2) is 47.7 Å². The fraction of sp³-hybridized carbons (Fsp3) is 0.438. The summed E-state index contributed by atoms with van der Waals surface area (Å²) < 4.78 is 25.7. The minimum absolute atomic E-state index is 0.0281. The van der Waals surface area contributed by atoms with E-state index in [1.807, 2.05) is 0 Å². The number of hydrogen-bond donors (Lipinski definition) is 1. The van der Waals surface area contributed by atoms with Crippen LogP contribution >= 0.6 is 22.9 Å². The maximum atomic E-state index is 12.3. The van der Waals surface area contributed by atoms with Gasteiger partial charge in [-0.3, -0.25) is 4.79 Å². The summed E-state index contributed by atoms with van der Waals surface area (Å²) in [6, 6.07) is 6.79. The lowest BCUT2D eigenvalue weighted by Gasteiger charge is -2.30. The van der Waals surface area contributed by atoms with Crippen molar-refractivity contribution < 1.29 is 13.2 Å². The molecule has 0 radical (unpaired) electrons. The van der Waals surface area contributed by atoms with E-state index in [4.69, 9.17) is 11.6 Å². The quantitative estimate of drug-likeness (QED) is 0.811. The van der Waals surface area contributed by atoms with Crippen LogP contribution < -0.4 is 5.32 Å². The number of nitrogens with zero attached hydrogens (tertiary/aromatic N) is 3. The molecule has 7 nitrogen and oxygen atoms in total. The maximum Gasteiger partial charge on any atom is 0.286 e. The SMILES string of the molecule is CCS(=O)(=O)N1CCCC(c2nnc(C(=O)Nc3ccc(Cl)cc3)s2)C1. The van der Waals surface area contributed by atoms with Crippen molar-refractivity contribution >= 4 is 44.6 Å². The van der Waals surface area contributed by atoms with Gasteiger partial charge in [0, 0.05) is 29.7 Å². The van der Waals surface area contributed by atoms with E-state index >= 15 is 0 Å². The van der Waals surface area contributed by atoms with Crippen LogP contribution in [0.25, 0.3) is 0 Å². The van der Waals surface area contributed by atoms with Crippen molar-refractivity contribution in [3.05, 3.63) is 39.3 Å². The predicted octanol–water partition coefficient (Wildman–Crippen LogP) is 2.97. The summed E-state index contributed by atoms with van der Waals surface area (Å²) in [4.78, 5) is 12.3. The van der Waals surface area contributed by atoms with Gasteiger partial charge in [0.05, 0.1) is 5.75 Å². The molecular formula is C16H19ClN4O3S2. The molecule has 1 N–H and O–H groups in total. The van der Waals surface area contributed by atoms with Crippen LogP contribution in [0.5, 0.6) is 0 Å². The average molecular weight is 415 g/mol. The van der Waals surface area contributed by atoms with E-state index in [1.54, 1.807) is 31.2 Å². The molecule has 1 atom stereocenters. The van der Waals surface area contributed by atoms with Crippen LogP contribution in [0.1, 0.15) is 40.5 Å². The first kappa shape index (κ1) is 19.2. The zero-order chi connectivity index (χ0) is 18.7. The number of anilines is 1. The van der Waals surface area contributed by atoms with E-state index in [0.717, 1.165) is 12.8 Å². The van der Waals surface area contributed by atoms with Crippen molar-refractivity contribution in [3.63, 3.8) is 0 Å². The summed E-state index contributed by atoms with van der Waals surface area (Å²) in [6.07, 6.45) is 1.61. The minimum Gasteiger partial charge on any atom is -0.320 e. The summed E-state index contributed by atoms with van der Waals surface area (Å²) in [5.74, 6) is -0.283. The second-order valence-electron chi connectivity index (χ2n) is 6.00. The Labute approximate surface area is 161 Å². The highest BCUT2D eigenvalue weighted by Crippen LogP contribution is 2.30. The summed E-state index contributed by atoms with van der Waals surface area (Å²) >= 11 is 7.04. The molecule has 0 bridgehead atoms. The van der Waals surface area contributed by atoms with E-state index in [0.29, 0.717) is 28.8 Å². The first-order valence-corrected chi connectivity index (χ1v) is 11.1. The Morgan fingerprint density at radius 1 is 1.35 bits per heavy atom. The van der Waals surface area contributed by atoms with Gasteiger partial charge in [0.1, 0.15) is 5.01 Å². The van der Waals surface area contributed by atoms with Crippen molar-refractivity contribution in [2.45, 2.75) is 25.7 Å². The second kappa shape index (κ2) is 7.99. The van der Waals surface area contributed by atoms with Gasteiger partial charge in [-0.1, -0.05) is 22.9 Å². The van der Waals surface area contributed by atoms with Crippen molar-refractivity contribution in [1.82, 2.24) is 14.5 Å². The summed E-state index contributed by atoms with van der Waals surface area (Å²) in [5, 5.41) is 12.4. The van der Waals surface area contributed by atoms with E-state index < -0.39 is 10.0 Å². The zero-order valence-electron chi connectivity index (χ0n) is 14.2. The molecule has 140 valence electrons. The monoisotopic (exact) mass is 414 g/mol. The third-order valence-corrected chi connectivity index (χ3v) is 7.41. The molecule has 0 spiro atoms. The smallest absolute Gasteiger partial charge is 0.286 e. The topological polar surface area (TPSA) is 92.3 Å². The van der Waals surface area contributed by atoms with Gasteiger partial charge in [0.2, 0.25) is 15.0 Å². The van der Waals surface area contributed by atoms with Crippen LogP contribution in [0, 0.1) is 0 Å². The number of carbonyl (C=O) groups excluding carboxylic acids is 1. The third kappa shape index (κ3) is 4.40. The molecule has 0 aliphatic carbocycles. The lowest BCUT2D eigenvalue weighted by atomic mass is 10.0. The molecule has 2 heterocycles.